The highest BCUT2D eigenvalue weighted by atomic mass is 79.9. The number of hydrogen-bond acceptors (Lipinski definition) is 7. The third-order valence-electron chi connectivity index (χ3n) is 4.18. The Morgan fingerprint density at radius 3 is 2.72 bits per heavy atom. The number of nitro groups is 1. The number of carbonyl (C=O) groups is 1. The summed E-state index contributed by atoms with van der Waals surface area (Å²) in [5.74, 6) is -0.361. The molecule has 0 bridgehead atoms. The molecule has 4 aromatic rings. The van der Waals surface area contributed by atoms with Gasteiger partial charge in [-0.1, -0.05) is 29.3 Å². The average Bonchev–Trinajstić information content (AvgIpc) is 3.45. The van der Waals surface area contributed by atoms with Crippen molar-refractivity contribution >= 4 is 56.8 Å². The first kappa shape index (κ1) is 22.0. The van der Waals surface area contributed by atoms with Crippen molar-refractivity contribution in [3.05, 3.63) is 84.6 Å². The SMILES string of the molecule is O=C(Nc1ncn(Cc2ccc(Cl)cc2Cl)n1)c1ccc(Cn2cc(Br)c([N+](=O)[O-])n2)o1. The largest absolute Gasteiger partial charge is 0.454 e. The molecular weight excluding hydrogens is 529 g/mol. The molecule has 32 heavy (non-hydrogen) atoms. The molecule has 11 nitrogen and oxygen atoms in total. The minimum Gasteiger partial charge on any atom is -0.454 e. The van der Waals surface area contributed by atoms with E-state index in [1.165, 1.54) is 28.0 Å². The fraction of sp³-hybridized carbons (Fsp3) is 0.111. The Balaban J connectivity index is 1.39. The molecule has 0 saturated heterocycles. The zero-order valence-electron chi connectivity index (χ0n) is 15.9. The molecule has 0 atom stereocenters. The van der Waals surface area contributed by atoms with Crippen LogP contribution in [0.25, 0.3) is 0 Å². The fourth-order valence-electron chi connectivity index (χ4n) is 2.75. The van der Waals surface area contributed by atoms with E-state index in [2.05, 4.69) is 36.4 Å². The summed E-state index contributed by atoms with van der Waals surface area (Å²) >= 11 is 15.1. The minimum absolute atomic E-state index is 0.0258. The van der Waals surface area contributed by atoms with Crippen molar-refractivity contribution in [3.63, 3.8) is 0 Å². The number of carbonyl (C=O) groups excluding carboxylic acids is 1. The standard InChI is InChI=1S/C18H12BrCl2N7O4/c19-13-8-26(24-16(13)28(30)31)7-12-3-4-15(32-12)17(29)23-18-22-9-27(25-18)6-10-1-2-11(20)5-14(10)21/h1-5,8-9H,6-7H2,(H,23,25,29). The zero-order chi connectivity index (χ0) is 22.8. The van der Waals surface area contributed by atoms with Gasteiger partial charge in [-0.3, -0.25) is 10.1 Å². The van der Waals surface area contributed by atoms with Crippen molar-refractivity contribution < 1.29 is 14.1 Å². The van der Waals surface area contributed by atoms with Crippen molar-refractivity contribution in [1.29, 1.82) is 0 Å². The van der Waals surface area contributed by atoms with E-state index in [0.29, 0.717) is 22.4 Å². The molecule has 1 amide bonds. The Bertz CT molecular complexity index is 1320. The van der Waals surface area contributed by atoms with Gasteiger partial charge in [0.2, 0.25) is 5.95 Å². The van der Waals surface area contributed by atoms with E-state index in [1.54, 1.807) is 24.3 Å². The van der Waals surface area contributed by atoms with E-state index in [4.69, 9.17) is 27.6 Å². The lowest BCUT2D eigenvalue weighted by Crippen LogP contribution is -2.12. The van der Waals surface area contributed by atoms with Gasteiger partial charge in [0.25, 0.3) is 5.91 Å². The van der Waals surface area contributed by atoms with Gasteiger partial charge in [0.05, 0.1) is 17.8 Å². The number of amides is 1. The highest BCUT2D eigenvalue weighted by Gasteiger charge is 2.20. The maximum absolute atomic E-state index is 12.4. The molecule has 3 heterocycles. The lowest BCUT2D eigenvalue weighted by molar-refractivity contribution is -0.390. The van der Waals surface area contributed by atoms with Crippen molar-refractivity contribution in [2.75, 3.05) is 5.32 Å². The molecular formula is C18H12BrCl2N7O4. The quantitative estimate of drug-likeness (QED) is 0.271. The second kappa shape index (κ2) is 9.10. The number of aromatic nitrogens is 5. The van der Waals surface area contributed by atoms with Gasteiger partial charge in [0.1, 0.15) is 23.1 Å². The number of nitrogens with zero attached hydrogens (tertiary/aromatic N) is 6. The number of nitrogens with one attached hydrogen (secondary N) is 1. The average molecular weight is 541 g/mol. The van der Waals surface area contributed by atoms with Crippen LogP contribution in [-0.2, 0) is 13.1 Å². The summed E-state index contributed by atoms with van der Waals surface area (Å²) < 4.78 is 8.60. The van der Waals surface area contributed by atoms with Crippen LogP contribution < -0.4 is 5.32 Å². The van der Waals surface area contributed by atoms with E-state index in [9.17, 15) is 14.9 Å². The molecule has 0 fully saturated rings. The van der Waals surface area contributed by atoms with Crippen molar-refractivity contribution in [2.24, 2.45) is 0 Å². The van der Waals surface area contributed by atoms with Crippen molar-refractivity contribution in [1.82, 2.24) is 24.5 Å². The van der Waals surface area contributed by atoms with E-state index in [0.717, 1.165) is 5.56 Å². The predicted molar refractivity (Wildman–Crippen MR) is 118 cm³/mol. The maximum Gasteiger partial charge on any atom is 0.404 e. The Morgan fingerprint density at radius 1 is 1.19 bits per heavy atom. The Labute approximate surface area is 198 Å². The number of rotatable bonds is 7. The highest BCUT2D eigenvalue weighted by Crippen LogP contribution is 2.23. The van der Waals surface area contributed by atoms with Crippen LogP contribution in [0.3, 0.4) is 0 Å². The van der Waals surface area contributed by atoms with Gasteiger partial charge in [-0.15, -0.1) is 5.10 Å². The number of hydrogen-bond donors (Lipinski definition) is 1. The third-order valence-corrected chi connectivity index (χ3v) is 5.33. The van der Waals surface area contributed by atoms with E-state index >= 15 is 0 Å². The van der Waals surface area contributed by atoms with Gasteiger partial charge in [0, 0.05) is 10.0 Å². The lowest BCUT2D eigenvalue weighted by atomic mass is 10.2. The Kier molecular flexibility index (Phi) is 6.26. The van der Waals surface area contributed by atoms with Gasteiger partial charge >= 0.3 is 5.82 Å². The molecule has 164 valence electrons. The second-order valence-corrected chi connectivity index (χ2v) is 8.17. The molecule has 1 aromatic carbocycles. The topological polar surface area (TPSA) is 134 Å². The van der Waals surface area contributed by atoms with Crippen LogP contribution >= 0.6 is 39.1 Å². The van der Waals surface area contributed by atoms with Crippen LogP contribution in [0.4, 0.5) is 11.8 Å². The maximum atomic E-state index is 12.4. The van der Waals surface area contributed by atoms with Crippen LogP contribution in [-0.4, -0.2) is 35.4 Å². The van der Waals surface area contributed by atoms with Crippen LogP contribution in [0.1, 0.15) is 21.9 Å². The van der Waals surface area contributed by atoms with Crippen LogP contribution in [0.15, 0.2) is 51.7 Å². The summed E-state index contributed by atoms with van der Waals surface area (Å²) in [4.78, 5) is 26.8. The molecule has 14 heteroatoms. The first-order chi connectivity index (χ1) is 15.3. The molecule has 4 rings (SSSR count). The first-order valence-corrected chi connectivity index (χ1v) is 10.4. The normalized spacial score (nSPS) is 11.0. The third kappa shape index (κ3) is 4.98. The first-order valence-electron chi connectivity index (χ1n) is 8.89. The predicted octanol–water partition coefficient (Wildman–Crippen LogP) is 4.39. The number of halogens is 3. The highest BCUT2D eigenvalue weighted by molar-refractivity contribution is 9.10. The van der Waals surface area contributed by atoms with Crippen molar-refractivity contribution in [2.45, 2.75) is 13.1 Å². The van der Waals surface area contributed by atoms with E-state index in [-0.39, 0.29) is 28.5 Å². The minimum atomic E-state index is -0.603. The smallest absolute Gasteiger partial charge is 0.404 e. The van der Waals surface area contributed by atoms with Crippen LogP contribution in [0, 0.1) is 10.1 Å². The summed E-state index contributed by atoms with van der Waals surface area (Å²) in [5, 5.41) is 22.5. The van der Waals surface area contributed by atoms with Gasteiger partial charge in [-0.2, -0.15) is 4.68 Å². The molecule has 0 aliphatic rings. The molecule has 0 aliphatic carbocycles. The summed E-state index contributed by atoms with van der Waals surface area (Å²) in [6.45, 7) is 0.448. The van der Waals surface area contributed by atoms with Gasteiger partial charge in [-0.05, 0) is 50.7 Å². The lowest BCUT2D eigenvalue weighted by Gasteiger charge is -2.04. The summed E-state index contributed by atoms with van der Waals surface area (Å²) in [7, 11) is 0. The fourth-order valence-corrected chi connectivity index (χ4v) is 3.68. The molecule has 3 aromatic heterocycles. The number of furan rings is 1. The zero-order valence-corrected chi connectivity index (χ0v) is 19.0. The Morgan fingerprint density at radius 2 is 2.00 bits per heavy atom. The molecule has 0 spiro atoms. The van der Waals surface area contributed by atoms with E-state index < -0.39 is 10.8 Å². The van der Waals surface area contributed by atoms with Crippen LogP contribution in [0.5, 0.6) is 0 Å². The number of anilines is 1. The second-order valence-electron chi connectivity index (χ2n) is 6.48. The van der Waals surface area contributed by atoms with Crippen molar-refractivity contribution in [3.8, 4) is 0 Å². The van der Waals surface area contributed by atoms with Gasteiger partial charge in [0.15, 0.2) is 5.76 Å². The number of benzene rings is 1. The molecule has 0 unspecified atom stereocenters. The van der Waals surface area contributed by atoms with E-state index in [1.807, 2.05) is 0 Å². The van der Waals surface area contributed by atoms with Gasteiger partial charge in [-0.25, -0.2) is 9.67 Å². The monoisotopic (exact) mass is 539 g/mol. The summed E-state index contributed by atoms with van der Waals surface area (Å²) in [5.41, 5.74) is 0.792. The molecule has 1 N–H and O–H groups in total. The molecule has 0 aliphatic heterocycles. The summed E-state index contributed by atoms with van der Waals surface area (Å²) in [6.07, 6.45) is 2.90. The molecule has 0 saturated carbocycles. The molecule has 0 radical (unpaired) electrons. The summed E-state index contributed by atoms with van der Waals surface area (Å²) in [6, 6.07) is 8.18. The van der Waals surface area contributed by atoms with Crippen LogP contribution in [0.2, 0.25) is 10.0 Å². The van der Waals surface area contributed by atoms with Gasteiger partial charge < -0.3 is 14.5 Å². The Hall–Kier alpha value is -3.22.